The molecule has 1 saturated carbocycles. The van der Waals surface area contributed by atoms with Crippen LogP contribution in [0.2, 0.25) is 0 Å². The molecule has 18 heavy (non-hydrogen) atoms. The van der Waals surface area contributed by atoms with Crippen molar-refractivity contribution >= 4 is 21.8 Å². The summed E-state index contributed by atoms with van der Waals surface area (Å²) in [4.78, 5) is 12.2. The molecule has 0 saturated heterocycles. The molecule has 1 fully saturated rings. The summed E-state index contributed by atoms with van der Waals surface area (Å²) in [5.74, 6) is -0.900. The van der Waals surface area contributed by atoms with Gasteiger partial charge >= 0.3 is 0 Å². The molecule has 1 aliphatic rings. The number of carbonyl (C=O) groups excluding carboxylic acids is 1. The average molecular weight is 316 g/mol. The van der Waals surface area contributed by atoms with Gasteiger partial charge in [-0.1, -0.05) is 22.4 Å². The quantitative estimate of drug-likeness (QED) is 0.843. The van der Waals surface area contributed by atoms with E-state index in [1.54, 1.807) is 0 Å². The Balaban J connectivity index is 1.95. The second-order valence-electron chi connectivity index (χ2n) is 4.58. The molecule has 2 atom stereocenters. The van der Waals surface area contributed by atoms with E-state index in [0.29, 0.717) is 17.3 Å². The number of rotatable bonds is 3. The minimum absolute atomic E-state index is 0.0306. The summed E-state index contributed by atoms with van der Waals surface area (Å²) in [6, 6.07) is 3.54. The lowest BCUT2D eigenvalue weighted by Gasteiger charge is -2.14. The van der Waals surface area contributed by atoms with Gasteiger partial charge in [0, 0.05) is 17.4 Å². The van der Waals surface area contributed by atoms with Crippen molar-refractivity contribution in [3.8, 4) is 5.75 Å². The first kappa shape index (κ1) is 13.3. The summed E-state index contributed by atoms with van der Waals surface area (Å²) < 4.78 is 13.4. The molecule has 2 N–H and O–H groups in total. The first-order valence-corrected chi connectivity index (χ1v) is 6.90. The van der Waals surface area contributed by atoms with Crippen LogP contribution in [0.25, 0.3) is 0 Å². The van der Waals surface area contributed by atoms with E-state index in [2.05, 4.69) is 21.2 Å². The summed E-state index contributed by atoms with van der Waals surface area (Å²) in [5.41, 5.74) is -0.0306. The predicted molar refractivity (Wildman–Crippen MR) is 70.5 cm³/mol. The van der Waals surface area contributed by atoms with Crippen LogP contribution in [0.4, 0.5) is 4.39 Å². The van der Waals surface area contributed by atoms with Crippen molar-refractivity contribution in [3.05, 3.63) is 29.6 Å². The fraction of sp³-hybridized carbons (Fsp3) is 0.462. The molecule has 1 aromatic rings. The van der Waals surface area contributed by atoms with Crippen LogP contribution in [-0.2, 0) is 0 Å². The molecule has 2 rings (SSSR count). The third-order valence-electron chi connectivity index (χ3n) is 3.29. The van der Waals surface area contributed by atoms with Crippen molar-refractivity contribution in [3.63, 3.8) is 0 Å². The Bertz CT molecular complexity index is 453. The third-order valence-corrected chi connectivity index (χ3v) is 4.49. The molecule has 0 aliphatic heterocycles. The van der Waals surface area contributed by atoms with E-state index in [1.807, 2.05) is 0 Å². The summed E-state index contributed by atoms with van der Waals surface area (Å²) in [6.45, 7) is 0.551. The van der Waals surface area contributed by atoms with Crippen molar-refractivity contribution in [2.75, 3.05) is 6.54 Å². The van der Waals surface area contributed by atoms with Crippen molar-refractivity contribution in [1.82, 2.24) is 5.32 Å². The molecular weight excluding hydrogens is 301 g/mol. The van der Waals surface area contributed by atoms with Gasteiger partial charge in [0.15, 0.2) is 0 Å². The normalized spacial score (nSPS) is 23.0. The zero-order valence-corrected chi connectivity index (χ0v) is 11.4. The van der Waals surface area contributed by atoms with Crippen LogP contribution in [0.15, 0.2) is 18.2 Å². The maximum Gasteiger partial charge on any atom is 0.254 e. The van der Waals surface area contributed by atoms with Crippen LogP contribution in [0.5, 0.6) is 5.75 Å². The van der Waals surface area contributed by atoms with Crippen LogP contribution in [0.1, 0.15) is 29.6 Å². The lowest BCUT2D eigenvalue weighted by Crippen LogP contribution is -2.31. The topological polar surface area (TPSA) is 49.3 Å². The van der Waals surface area contributed by atoms with Crippen molar-refractivity contribution < 1.29 is 14.3 Å². The van der Waals surface area contributed by atoms with Gasteiger partial charge in [-0.05, 0) is 30.9 Å². The van der Waals surface area contributed by atoms with Crippen LogP contribution >= 0.6 is 15.9 Å². The number of phenols is 1. The maximum atomic E-state index is 13.4. The van der Waals surface area contributed by atoms with Crippen molar-refractivity contribution in [2.24, 2.45) is 5.92 Å². The number of amides is 1. The van der Waals surface area contributed by atoms with E-state index in [1.165, 1.54) is 12.1 Å². The van der Waals surface area contributed by atoms with E-state index in [4.69, 9.17) is 5.11 Å². The molecule has 0 radical (unpaired) electrons. The number of hydrogen-bond donors (Lipinski definition) is 2. The molecule has 1 amide bonds. The summed E-state index contributed by atoms with van der Waals surface area (Å²) in [7, 11) is 0. The largest absolute Gasteiger partial charge is 0.508 e. The Morgan fingerprint density at radius 2 is 2.28 bits per heavy atom. The molecule has 1 aromatic carbocycles. The highest BCUT2D eigenvalue weighted by molar-refractivity contribution is 9.09. The number of halogens is 2. The van der Waals surface area contributed by atoms with E-state index < -0.39 is 11.7 Å². The first-order valence-electron chi connectivity index (χ1n) is 5.98. The number of hydrogen-bond acceptors (Lipinski definition) is 2. The molecule has 1 aliphatic carbocycles. The molecule has 0 aromatic heterocycles. The second kappa shape index (κ2) is 5.69. The minimum Gasteiger partial charge on any atom is -0.508 e. The molecule has 3 nitrogen and oxygen atoms in total. The van der Waals surface area contributed by atoms with Gasteiger partial charge < -0.3 is 10.4 Å². The lowest BCUT2D eigenvalue weighted by atomic mass is 10.1. The highest BCUT2D eigenvalue weighted by Crippen LogP contribution is 2.30. The van der Waals surface area contributed by atoms with E-state index >= 15 is 0 Å². The summed E-state index contributed by atoms with van der Waals surface area (Å²) in [6.07, 6.45) is 3.35. The minimum atomic E-state index is -0.700. The fourth-order valence-corrected chi connectivity index (χ4v) is 3.00. The van der Waals surface area contributed by atoms with Gasteiger partial charge in [-0.25, -0.2) is 4.39 Å². The number of nitrogens with one attached hydrogen (secondary N) is 1. The van der Waals surface area contributed by atoms with Crippen molar-refractivity contribution in [2.45, 2.75) is 24.1 Å². The molecule has 5 heteroatoms. The highest BCUT2D eigenvalue weighted by Gasteiger charge is 2.25. The molecule has 0 spiro atoms. The standard InChI is InChI=1S/C13H15BrFNO2/c14-11-3-1-2-8(11)7-16-13(18)10-5-4-9(17)6-12(10)15/h4-6,8,11,17H,1-3,7H2,(H,16,18). The van der Waals surface area contributed by atoms with Crippen LogP contribution in [0, 0.1) is 11.7 Å². The number of benzene rings is 1. The lowest BCUT2D eigenvalue weighted by molar-refractivity contribution is 0.0944. The second-order valence-corrected chi connectivity index (χ2v) is 5.76. The van der Waals surface area contributed by atoms with E-state index in [-0.39, 0.29) is 11.3 Å². The Hall–Kier alpha value is -1.10. The van der Waals surface area contributed by atoms with E-state index in [0.717, 1.165) is 25.3 Å². The van der Waals surface area contributed by atoms with Gasteiger partial charge in [0.1, 0.15) is 11.6 Å². The number of carbonyl (C=O) groups is 1. The van der Waals surface area contributed by atoms with Gasteiger partial charge in [0.25, 0.3) is 5.91 Å². The highest BCUT2D eigenvalue weighted by atomic mass is 79.9. The summed E-state index contributed by atoms with van der Waals surface area (Å²) >= 11 is 3.58. The molecule has 2 unspecified atom stereocenters. The third kappa shape index (κ3) is 3.02. The van der Waals surface area contributed by atoms with Crippen LogP contribution in [-0.4, -0.2) is 22.4 Å². The monoisotopic (exact) mass is 315 g/mol. The molecule has 98 valence electrons. The first-order chi connectivity index (χ1) is 8.58. The Morgan fingerprint density at radius 1 is 1.50 bits per heavy atom. The number of aromatic hydroxyl groups is 1. The van der Waals surface area contributed by atoms with Gasteiger partial charge in [-0.15, -0.1) is 0 Å². The Morgan fingerprint density at radius 3 is 2.89 bits per heavy atom. The van der Waals surface area contributed by atoms with Gasteiger partial charge in [-0.2, -0.15) is 0 Å². The Kier molecular flexibility index (Phi) is 4.22. The molecule has 0 bridgehead atoms. The predicted octanol–water partition coefficient (Wildman–Crippen LogP) is 2.82. The fourth-order valence-electron chi connectivity index (χ4n) is 2.23. The van der Waals surface area contributed by atoms with Gasteiger partial charge in [0.05, 0.1) is 5.56 Å². The van der Waals surface area contributed by atoms with Crippen molar-refractivity contribution in [1.29, 1.82) is 0 Å². The molecular formula is C13H15BrFNO2. The SMILES string of the molecule is O=C(NCC1CCCC1Br)c1ccc(O)cc1F. The maximum absolute atomic E-state index is 13.4. The van der Waals surface area contributed by atoms with E-state index in [9.17, 15) is 9.18 Å². The number of alkyl halides is 1. The zero-order valence-electron chi connectivity index (χ0n) is 9.83. The van der Waals surface area contributed by atoms with Crippen LogP contribution < -0.4 is 5.32 Å². The Labute approximate surface area is 114 Å². The smallest absolute Gasteiger partial charge is 0.254 e. The average Bonchev–Trinajstić information content (AvgIpc) is 2.72. The molecule has 0 heterocycles. The van der Waals surface area contributed by atoms with Gasteiger partial charge in [0.2, 0.25) is 0 Å². The number of phenolic OH excluding ortho intramolecular Hbond substituents is 1. The zero-order chi connectivity index (χ0) is 13.1. The summed E-state index contributed by atoms with van der Waals surface area (Å²) in [5, 5.41) is 11.8. The van der Waals surface area contributed by atoms with Gasteiger partial charge in [-0.3, -0.25) is 4.79 Å². The van der Waals surface area contributed by atoms with Crippen LogP contribution in [0.3, 0.4) is 0 Å².